The summed E-state index contributed by atoms with van der Waals surface area (Å²) in [7, 11) is 0. The molecule has 5 heteroatoms. The molecule has 118 valence electrons. The van der Waals surface area contributed by atoms with Crippen LogP contribution in [0.5, 0.6) is 0 Å². The maximum atomic E-state index is 5.93. The zero-order valence-corrected chi connectivity index (χ0v) is 13.0. The number of rotatable bonds is 4. The van der Waals surface area contributed by atoms with Gasteiger partial charge in [-0.2, -0.15) is 10.2 Å². The van der Waals surface area contributed by atoms with E-state index in [1.165, 1.54) is 5.56 Å². The molecule has 2 aromatic carbocycles. The molecule has 4 rings (SSSR count). The van der Waals surface area contributed by atoms with Crippen LogP contribution in [0.25, 0.3) is 22.4 Å². The lowest BCUT2D eigenvalue weighted by molar-refractivity contribution is 0.621. The van der Waals surface area contributed by atoms with Crippen molar-refractivity contribution in [3.05, 3.63) is 78.0 Å². The van der Waals surface area contributed by atoms with Gasteiger partial charge in [0, 0.05) is 17.1 Å². The highest BCUT2D eigenvalue weighted by molar-refractivity contribution is 5.90. The molecule has 0 radical (unpaired) electrons. The Balaban J connectivity index is 1.76. The first-order valence-corrected chi connectivity index (χ1v) is 7.67. The summed E-state index contributed by atoms with van der Waals surface area (Å²) >= 11 is 0. The molecule has 0 bridgehead atoms. The van der Waals surface area contributed by atoms with Gasteiger partial charge in [-0.05, 0) is 17.7 Å². The molecule has 2 heterocycles. The van der Waals surface area contributed by atoms with Crippen molar-refractivity contribution in [3.8, 4) is 11.5 Å². The zero-order valence-electron chi connectivity index (χ0n) is 13.0. The van der Waals surface area contributed by atoms with Crippen LogP contribution in [0.2, 0.25) is 0 Å². The molecule has 2 aromatic heterocycles. The number of furan rings is 1. The minimum absolute atomic E-state index is 0.673. The predicted octanol–water partition coefficient (Wildman–Crippen LogP) is 3.64. The molecule has 0 aliphatic carbocycles. The summed E-state index contributed by atoms with van der Waals surface area (Å²) in [5.74, 6) is 6.05. The van der Waals surface area contributed by atoms with Gasteiger partial charge in [0.25, 0.3) is 0 Å². The van der Waals surface area contributed by atoms with Crippen molar-refractivity contribution in [2.75, 3.05) is 0 Å². The van der Waals surface area contributed by atoms with Gasteiger partial charge < -0.3 is 10.3 Å². The van der Waals surface area contributed by atoms with Crippen molar-refractivity contribution < 1.29 is 4.42 Å². The Morgan fingerprint density at radius 3 is 2.67 bits per heavy atom. The van der Waals surface area contributed by atoms with Gasteiger partial charge in [0.15, 0.2) is 5.76 Å². The van der Waals surface area contributed by atoms with Gasteiger partial charge in [0.05, 0.1) is 12.8 Å². The van der Waals surface area contributed by atoms with E-state index in [0.717, 1.165) is 22.2 Å². The number of hydrogen-bond donors (Lipinski definition) is 1. The van der Waals surface area contributed by atoms with Crippen LogP contribution in [0.3, 0.4) is 0 Å². The van der Waals surface area contributed by atoms with Crippen LogP contribution in [0.15, 0.2) is 76.4 Å². The fourth-order valence-corrected chi connectivity index (χ4v) is 2.75. The van der Waals surface area contributed by atoms with Crippen LogP contribution in [0.4, 0.5) is 0 Å². The van der Waals surface area contributed by atoms with E-state index in [9.17, 15) is 0 Å². The van der Waals surface area contributed by atoms with Gasteiger partial charge in [0.1, 0.15) is 11.3 Å². The molecule has 4 aromatic rings. The van der Waals surface area contributed by atoms with Crippen molar-refractivity contribution in [3.63, 3.8) is 0 Å². The minimum Gasteiger partial charge on any atom is -0.454 e. The van der Waals surface area contributed by atoms with Crippen molar-refractivity contribution in [2.24, 2.45) is 10.9 Å². The first-order valence-electron chi connectivity index (χ1n) is 7.67. The molecule has 0 unspecified atom stereocenters. The number of hydrazone groups is 1. The Morgan fingerprint density at radius 1 is 1.08 bits per heavy atom. The van der Waals surface area contributed by atoms with E-state index in [1.54, 1.807) is 6.21 Å². The maximum Gasteiger partial charge on any atom is 0.156 e. The summed E-state index contributed by atoms with van der Waals surface area (Å²) in [5.41, 5.74) is 3.57. The van der Waals surface area contributed by atoms with Gasteiger partial charge >= 0.3 is 0 Å². The number of nitrogens with two attached hydrogens (primary N) is 1. The largest absolute Gasteiger partial charge is 0.454 e. The highest BCUT2D eigenvalue weighted by Gasteiger charge is 2.14. The molecule has 2 N–H and O–H groups in total. The molecular formula is C19H16N4O. The van der Waals surface area contributed by atoms with E-state index in [2.05, 4.69) is 22.3 Å². The fraction of sp³-hybridized carbons (Fsp3) is 0.0526. The van der Waals surface area contributed by atoms with E-state index in [4.69, 9.17) is 10.3 Å². The van der Waals surface area contributed by atoms with E-state index < -0.39 is 0 Å². The minimum atomic E-state index is 0.673. The Hall–Kier alpha value is -3.34. The third-order valence-corrected chi connectivity index (χ3v) is 3.85. The average molecular weight is 316 g/mol. The Bertz CT molecular complexity index is 966. The molecular weight excluding hydrogens is 300 g/mol. The topological polar surface area (TPSA) is 69.3 Å². The zero-order chi connectivity index (χ0) is 16.4. The Kier molecular flexibility index (Phi) is 3.59. The monoisotopic (exact) mass is 316 g/mol. The molecule has 0 atom stereocenters. The molecule has 0 aliphatic rings. The second-order valence-electron chi connectivity index (χ2n) is 5.54. The number of fused-ring (bicyclic) bond motifs is 1. The molecule has 0 aliphatic heterocycles. The highest BCUT2D eigenvalue weighted by Crippen LogP contribution is 2.28. The van der Waals surface area contributed by atoms with Gasteiger partial charge in [-0.25, -0.2) is 0 Å². The van der Waals surface area contributed by atoms with Gasteiger partial charge in [-0.3, -0.25) is 4.68 Å². The molecule has 0 saturated carbocycles. The second-order valence-corrected chi connectivity index (χ2v) is 5.54. The normalized spacial score (nSPS) is 11.5. The first kappa shape index (κ1) is 14.3. The second kappa shape index (κ2) is 6.04. The third kappa shape index (κ3) is 2.67. The van der Waals surface area contributed by atoms with Crippen LogP contribution >= 0.6 is 0 Å². The average Bonchev–Trinajstić information content (AvgIpc) is 3.20. The van der Waals surface area contributed by atoms with Crippen molar-refractivity contribution in [1.29, 1.82) is 0 Å². The number of para-hydroxylation sites is 1. The molecule has 24 heavy (non-hydrogen) atoms. The Morgan fingerprint density at radius 2 is 1.88 bits per heavy atom. The summed E-state index contributed by atoms with van der Waals surface area (Å²) in [5, 5.41) is 9.35. The lowest BCUT2D eigenvalue weighted by Gasteiger charge is -2.00. The molecule has 0 amide bonds. The maximum absolute atomic E-state index is 5.93. The van der Waals surface area contributed by atoms with Crippen molar-refractivity contribution >= 4 is 17.2 Å². The summed E-state index contributed by atoms with van der Waals surface area (Å²) in [6, 6.07) is 20.0. The van der Waals surface area contributed by atoms with E-state index >= 15 is 0 Å². The fourth-order valence-electron chi connectivity index (χ4n) is 2.75. The highest BCUT2D eigenvalue weighted by atomic mass is 16.3. The molecule has 0 saturated heterocycles. The summed E-state index contributed by atoms with van der Waals surface area (Å²) in [4.78, 5) is 0. The van der Waals surface area contributed by atoms with Crippen LogP contribution in [-0.4, -0.2) is 16.0 Å². The van der Waals surface area contributed by atoms with E-state index in [0.29, 0.717) is 12.3 Å². The molecule has 0 spiro atoms. The van der Waals surface area contributed by atoms with Crippen LogP contribution in [-0.2, 0) is 6.54 Å². The SMILES string of the molecule is N/N=C\c1cn(Cc2ccccc2)nc1-c1cc2ccccc2o1. The smallest absolute Gasteiger partial charge is 0.156 e. The van der Waals surface area contributed by atoms with Gasteiger partial charge in [-0.15, -0.1) is 0 Å². The van der Waals surface area contributed by atoms with E-state index in [-0.39, 0.29) is 0 Å². The standard InChI is InChI=1S/C19H16N4O/c20-21-11-16-13-23(12-14-6-2-1-3-7-14)22-19(16)18-10-15-8-4-5-9-17(15)24-18/h1-11,13H,12,20H2/b21-11-. The van der Waals surface area contributed by atoms with Crippen LogP contribution in [0, 0.1) is 0 Å². The number of hydrogen-bond acceptors (Lipinski definition) is 4. The lowest BCUT2D eigenvalue weighted by Crippen LogP contribution is -1.99. The van der Waals surface area contributed by atoms with Crippen molar-refractivity contribution in [1.82, 2.24) is 9.78 Å². The summed E-state index contributed by atoms with van der Waals surface area (Å²) in [6.07, 6.45) is 3.52. The Labute approximate surface area is 139 Å². The quantitative estimate of drug-likeness (QED) is 0.355. The van der Waals surface area contributed by atoms with Crippen LogP contribution < -0.4 is 5.84 Å². The summed E-state index contributed by atoms with van der Waals surface area (Å²) < 4.78 is 7.80. The first-order chi connectivity index (χ1) is 11.8. The van der Waals surface area contributed by atoms with Gasteiger partial charge in [0.2, 0.25) is 0 Å². The summed E-state index contributed by atoms with van der Waals surface area (Å²) in [6.45, 7) is 0.673. The van der Waals surface area contributed by atoms with E-state index in [1.807, 2.05) is 59.4 Å². The predicted molar refractivity (Wildman–Crippen MR) is 94.8 cm³/mol. The third-order valence-electron chi connectivity index (χ3n) is 3.85. The molecule has 0 fully saturated rings. The number of benzene rings is 2. The molecule has 5 nitrogen and oxygen atoms in total. The van der Waals surface area contributed by atoms with Gasteiger partial charge in [-0.1, -0.05) is 48.5 Å². The van der Waals surface area contributed by atoms with Crippen LogP contribution in [0.1, 0.15) is 11.1 Å². The number of aromatic nitrogens is 2. The number of nitrogens with zero attached hydrogens (tertiary/aromatic N) is 3. The lowest BCUT2D eigenvalue weighted by atomic mass is 10.2. The van der Waals surface area contributed by atoms with Crippen molar-refractivity contribution in [2.45, 2.75) is 6.54 Å².